The molecule has 0 radical (unpaired) electrons. The minimum Gasteiger partial charge on any atom is -0.381 e. The number of unbranched alkanes of at least 4 members (excludes halogenated alkanes) is 4. The molecule has 6 aromatic carbocycles. The molecule has 0 bridgehead atoms. The van der Waals surface area contributed by atoms with Crippen LogP contribution in [0.15, 0.2) is 140 Å². The summed E-state index contributed by atoms with van der Waals surface area (Å²) < 4.78 is 40.4. The second kappa shape index (κ2) is 23.1. The van der Waals surface area contributed by atoms with E-state index in [9.17, 15) is 0 Å². The molecular weight excluding hydrogens is 923 g/mol. The van der Waals surface area contributed by atoms with Crippen LogP contribution in [0.5, 0.6) is 0 Å². The lowest BCUT2D eigenvalue weighted by Gasteiger charge is -2.40. The van der Waals surface area contributed by atoms with Gasteiger partial charge in [-0.25, -0.2) is 4.98 Å². The zero-order chi connectivity index (χ0) is 50.2. The van der Waals surface area contributed by atoms with E-state index in [0.29, 0.717) is 44.0 Å². The van der Waals surface area contributed by atoms with E-state index in [1.165, 1.54) is 0 Å². The monoisotopic (exact) mass is 992 g/mol. The molecule has 2 fully saturated rings. The van der Waals surface area contributed by atoms with Crippen LogP contribution in [-0.2, 0) is 41.6 Å². The number of nitrogens with zero attached hydrogens (tertiary/aromatic N) is 5. The number of aromatic nitrogens is 5. The van der Waals surface area contributed by atoms with Gasteiger partial charge in [0.2, 0.25) is 5.95 Å². The number of benzene rings is 6. The van der Waals surface area contributed by atoms with Crippen molar-refractivity contribution in [1.82, 2.24) is 24.1 Å². The number of ether oxygens (including phenoxy) is 6. The lowest BCUT2D eigenvalue weighted by atomic mass is 9.84. The predicted molar refractivity (Wildman–Crippen MR) is 295 cm³/mol. The summed E-state index contributed by atoms with van der Waals surface area (Å²) in [6, 6.07) is 49.2. The van der Waals surface area contributed by atoms with Gasteiger partial charge in [-0.2, -0.15) is 9.97 Å². The van der Waals surface area contributed by atoms with Gasteiger partial charge in [-0.1, -0.05) is 105 Å². The van der Waals surface area contributed by atoms with E-state index in [-0.39, 0.29) is 10.8 Å². The van der Waals surface area contributed by atoms with E-state index in [2.05, 4.69) is 126 Å². The Morgan fingerprint density at radius 1 is 0.432 bits per heavy atom. The summed E-state index contributed by atoms with van der Waals surface area (Å²) in [4.78, 5) is 15.6. The molecule has 0 atom stereocenters. The van der Waals surface area contributed by atoms with Gasteiger partial charge in [-0.05, 0) is 111 Å². The predicted octanol–water partition coefficient (Wildman–Crippen LogP) is 13.7. The third-order valence-corrected chi connectivity index (χ3v) is 15.3. The molecule has 2 saturated heterocycles. The number of hydrogen-bond donors (Lipinski definition) is 0. The fourth-order valence-electron chi connectivity index (χ4n) is 10.5. The van der Waals surface area contributed by atoms with Crippen molar-refractivity contribution in [1.29, 1.82) is 0 Å². The second-order valence-corrected chi connectivity index (χ2v) is 20.6. The van der Waals surface area contributed by atoms with E-state index in [4.69, 9.17) is 43.4 Å². The summed E-state index contributed by atoms with van der Waals surface area (Å²) in [5.41, 5.74) is 9.93. The molecule has 0 N–H and O–H groups in total. The summed E-state index contributed by atoms with van der Waals surface area (Å²) in [5.74, 6) is 1.78. The highest BCUT2D eigenvalue weighted by Gasteiger charge is 2.37. The van der Waals surface area contributed by atoms with E-state index in [1.54, 1.807) is 0 Å². The Morgan fingerprint density at radius 2 is 0.851 bits per heavy atom. The van der Waals surface area contributed by atoms with Crippen molar-refractivity contribution in [2.24, 2.45) is 10.8 Å². The van der Waals surface area contributed by atoms with Crippen molar-refractivity contribution in [2.75, 3.05) is 66.1 Å². The molecule has 11 heteroatoms. The minimum absolute atomic E-state index is 0.227. The molecule has 74 heavy (non-hydrogen) atoms. The maximum atomic E-state index is 6.36. The molecule has 0 unspecified atom stereocenters. The molecule has 0 amide bonds. The molecule has 9 aromatic rings. The van der Waals surface area contributed by atoms with Crippen molar-refractivity contribution in [2.45, 2.75) is 78.4 Å². The van der Waals surface area contributed by atoms with Crippen LogP contribution >= 0.6 is 0 Å². The van der Waals surface area contributed by atoms with Crippen molar-refractivity contribution < 1.29 is 28.4 Å². The molecule has 3 aromatic heterocycles. The highest BCUT2D eigenvalue weighted by Crippen LogP contribution is 2.41. The normalized spacial score (nSPS) is 15.1. The van der Waals surface area contributed by atoms with E-state index in [1.807, 2.05) is 36.4 Å². The van der Waals surface area contributed by atoms with Crippen LogP contribution in [0.25, 0.3) is 78.0 Å². The van der Waals surface area contributed by atoms with Gasteiger partial charge in [0.25, 0.3) is 0 Å². The van der Waals surface area contributed by atoms with Gasteiger partial charge in [-0.3, -0.25) is 4.57 Å². The van der Waals surface area contributed by atoms with E-state index < -0.39 is 0 Å². The van der Waals surface area contributed by atoms with Crippen molar-refractivity contribution in [3.05, 3.63) is 151 Å². The fraction of sp³-hybridized carbons (Fsp3) is 0.381. The third kappa shape index (κ3) is 10.8. The molecule has 2 aliphatic heterocycles. The Hall–Kier alpha value is -6.31. The van der Waals surface area contributed by atoms with E-state index >= 15 is 0 Å². The summed E-state index contributed by atoms with van der Waals surface area (Å²) >= 11 is 0. The molecular formula is C63H69N5O6. The highest BCUT2D eigenvalue weighted by molar-refractivity contribution is 6.19. The Morgan fingerprint density at radius 3 is 1.30 bits per heavy atom. The number of hydrogen-bond acceptors (Lipinski definition) is 9. The zero-order valence-corrected chi connectivity index (χ0v) is 43.1. The molecule has 0 spiro atoms. The lowest BCUT2D eigenvalue weighted by Crippen LogP contribution is -2.45. The molecule has 11 rings (SSSR count). The van der Waals surface area contributed by atoms with Gasteiger partial charge in [0.05, 0.1) is 74.9 Å². The topological polar surface area (TPSA) is 104 Å². The highest BCUT2D eigenvalue weighted by atomic mass is 16.5. The summed E-state index contributed by atoms with van der Waals surface area (Å²) in [6.07, 6.45) is 8.40. The Kier molecular flexibility index (Phi) is 15.5. The van der Waals surface area contributed by atoms with Crippen molar-refractivity contribution >= 4 is 43.6 Å². The smallest absolute Gasteiger partial charge is 0.238 e. The second-order valence-electron chi connectivity index (χ2n) is 20.6. The summed E-state index contributed by atoms with van der Waals surface area (Å²) in [5, 5.41) is 4.50. The van der Waals surface area contributed by atoms with Gasteiger partial charge in [0.15, 0.2) is 11.6 Å². The standard InChI is InChI=1S/C63H69N5O6/c1-3-62(42-73-43-62)40-71-32-18-8-16-30-69-38-46-26-28-55-51(34-46)53-37-58-54(36-57(53)67(55)50-24-14-7-15-25-50)52-35-47(39-70-31-17-9-19-33-72-41-63(4-2)44-74-45-63)27-29-56(52)68(58)61-65-59(48-20-10-5-11-21-48)64-60(66-61)49-22-12-6-13-23-49/h5-7,10-15,20-29,34-37H,3-4,8-9,16-19,30-33,38-45H2,1-2H3. The Balaban J connectivity index is 0.915. The maximum absolute atomic E-state index is 6.36. The maximum Gasteiger partial charge on any atom is 0.238 e. The van der Waals surface area contributed by atoms with Gasteiger partial charge in [-0.15, -0.1) is 0 Å². The van der Waals surface area contributed by atoms with Crippen LogP contribution in [0.3, 0.4) is 0 Å². The van der Waals surface area contributed by atoms with Gasteiger partial charge in [0.1, 0.15) is 0 Å². The summed E-state index contributed by atoms with van der Waals surface area (Å²) in [6.45, 7) is 13.3. The van der Waals surface area contributed by atoms with Crippen LogP contribution in [-0.4, -0.2) is 90.2 Å². The zero-order valence-electron chi connectivity index (χ0n) is 43.1. The first-order valence-electron chi connectivity index (χ1n) is 27.0. The van der Waals surface area contributed by atoms with Gasteiger partial charge < -0.3 is 33.0 Å². The first kappa shape index (κ1) is 49.9. The molecule has 2 aliphatic rings. The van der Waals surface area contributed by atoms with Crippen molar-refractivity contribution in [3.8, 4) is 34.4 Å². The number of fused-ring (bicyclic) bond motifs is 6. The van der Waals surface area contributed by atoms with Gasteiger partial charge in [0, 0.05) is 75.6 Å². The molecule has 0 saturated carbocycles. The summed E-state index contributed by atoms with van der Waals surface area (Å²) in [7, 11) is 0. The largest absolute Gasteiger partial charge is 0.381 e. The minimum atomic E-state index is 0.227. The molecule has 11 nitrogen and oxygen atoms in total. The fourth-order valence-corrected chi connectivity index (χ4v) is 10.5. The third-order valence-electron chi connectivity index (χ3n) is 15.3. The van der Waals surface area contributed by atoms with Crippen LogP contribution in [0, 0.1) is 10.8 Å². The number of para-hydroxylation sites is 1. The first-order chi connectivity index (χ1) is 36.5. The van der Waals surface area contributed by atoms with Crippen LogP contribution in [0.2, 0.25) is 0 Å². The van der Waals surface area contributed by atoms with E-state index in [0.717, 1.165) is 176 Å². The van der Waals surface area contributed by atoms with Gasteiger partial charge >= 0.3 is 0 Å². The SMILES string of the molecule is CCC1(COCCCCCOCc2ccc3c(c2)c2cc4c(cc2n3-c2ccccc2)c2cc(COCCCCCOCC3(CC)COC3)ccc2n4-c2nc(-c3ccccc3)nc(-c3ccccc3)n2)COC1. The Labute approximate surface area is 434 Å². The van der Waals surface area contributed by atoms with Crippen LogP contribution < -0.4 is 0 Å². The van der Waals surface area contributed by atoms with Crippen LogP contribution in [0.4, 0.5) is 0 Å². The number of rotatable bonds is 26. The average molecular weight is 992 g/mol. The molecule has 382 valence electrons. The van der Waals surface area contributed by atoms with Crippen molar-refractivity contribution in [3.63, 3.8) is 0 Å². The molecule has 5 heterocycles. The molecule has 0 aliphatic carbocycles. The average Bonchev–Trinajstić information content (AvgIpc) is 3.93. The first-order valence-corrected chi connectivity index (χ1v) is 27.0. The quantitative estimate of drug-likeness (QED) is 0.0491. The Bertz CT molecular complexity index is 3220. The lowest BCUT2D eigenvalue weighted by molar-refractivity contribution is -0.150. The van der Waals surface area contributed by atoms with Crippen LogP contribution in [0.1, 0.15) is 76.3 Å².